The number of benzene rings is 2. The molecular formula is C18H18N2O4. The highest BCUT2D eigenvalue weighted by Crippen LogP contribution is 2.32. The van der Waals surface area contributed by atoms with Crippen LogP contribution in [0.1, 0.15) is 6.92 Å². The van der Waals surface area contributed by atoms with E-state index in [0.29, 0.717) is 36.1 Å². The van der Waals surface area contributed by atoms with Crippen molar-refractivity contribution in [1.29, 1.82) is 0 Å². The van der Waals surface area contributed by atoms with Crippen molar-refractivity contribution in [2.45, 2.75) is 6.92 Å². The van der Waals surface area contributed by atoms with Gasteiger partial charge in [-0.1, -0.05) is 18.2 Å². The molecule has 24 heavy (non-hydrogen) atoms. The van der Waals surface area contributed by atoms with Gasteiger partial charge in [0.15, 0.2) is 11.5 Å². The number of carbonyl (C=O) groups excluding carboxylic acids is 2. The number of hydrogen-bond acceptors (Lipinski definition) is 4. The molecule has 2 aromatic rings. The van der Waals surface area contributed by atoms with Crippen LogP contribution in [-0.2, 0) is 9.59 Å². The lowest BCUT2D eigenvalue weighted by Gasteiger charge is -2.21. The van der Waals surface area contributed by atoms with Crippen LogP contribution in [0.3, 0.4) is 0 Å². The number of nitrogens with one attached hydrogen (secondary N) is 1. The van der Waals surface area contributed by atoms with Crippen molar-refractivity contribution in [3.05, 3.63) is 48.5 Å². The van der Waals surface area contributed by atoms with Crippen LogP contribution in [0, 0.1) is 0 Å². The Bertz CT molecular complexity index is 746. The molecule has 124 valence electrons. The summed E-state index contributed by atoms with van der Waals surface area (Å²) < 4.78 is 10.9. The molecule has 0 saturated heterocycles. The van der Waals surface area contributed by atoms with Crippen molar-refractivity contribution in [1.82, 2.24) is 0 Å². The van der Waals surface area contributed by atoms with Crippen LogP contribution in [0.25, 0.3) is 0 Å². The van der Waals surface area contributed by atoms with Gasteiger partial charge in [-0.25, -0.2) is 0 Å². The molecule has 6 nitrogen and oxygen atoms in total. The Morgan fingerprint density at radius 2 is 1.75 bits per heavy atom. The first-order chi connectivity index (χ1) is 11.6. The van der Waals surface area contributed by atoms with Gasteiger partial charge in [-0.15, -0.1) is 0 Å². The maximum absolute atomic E-state index is 12.3. The maximum atomic E-state index is 12.3. The van der Waals surface area contributed by atoms with E-state index in [9.17, 15) is 9.59 Å². The SMILES string of the molecule is CC(=O)N(CC(=O)Nc1ccc2c(c1)OCCO2)c1ccccc1. The van der Waals surface area contributed by atoms with Crippen molar-refractivity contribution in [3.63, 3.8) is 0 Å². The lowest BCUT2D eigenvalue weighted by atomic mass is 10.2. The maximum Gasteiger partial charge on any atom is 0.244 e. The lowest BCUT2D eigenvalue weighted by molar-refractivity contribution is -0.120. The molecule has 0 unspecified atom stereocenters. The minimum absolute atomic E-state index is 0.0617. The molecule has 0 bridgehead atoms. The zero-order chi connectivity index (χ0) is 16.9. The predicted octanol–water partition coefficient (Wildman–Crippen LogP) is 2.45. The number of para-hydroxylation sites is 1. The molecule has 0 radical (unpaired) electrons. The molecule has 1 N–H and O–H groups in total. The molecule has 0 fully saturated rings. The summed E-state index contributed by atoms with van der Waals surface area (Å²) in [5.74, 6) is 0.781. The zero-order valence-electron chi connectivity index (χ0n) is 13.3. The first-order valence-electron chi connectivity index (χ1n) is 7.66. The minimum atomic E-state index is -0.286. The van der Waals surface area contributed by atoms with E-state index in [2.05, 4.69) is 5.32 Å². The first-order valence-corrected chi connectivity index (χ1v) is 7.66. The Morgan fingerprint density at radius 1 is 1.04 bits per heavy atom. The number of carbonyl (C=O) groups is 2. The quantitative estimate of drug-likeness (QED) is 0.937. The molecule has 0 saturated carbocycles. The monoisotopic (exact) mass is 326 g/mol. The molecule has 1 heterocycles. The summed E-state index contributed by atoms with van der Waals surface area (Å²) in [7, 11) is 0. The van der Waals surface area contributed by atoms with Crippen molar-refractivity contribution in [3.8, 4) is 11.5 Å². The van der Waals surface area contributed by atoms with E-state index < -0.39 is 0 Å². The van der Waals surface area contributed by atoms with Crippen LogP contribution >= 0.6 is 0 Å². The molecule has 0 aliphatic carbocycles. The van der Waals surface area contributed by atoms with Crippen molar-refractivity contribution >= 4 is 23.2 Å². The average Bonchev–Trinajstić information content (AvgIpc) is 2.60. The molecule has 0 aromatic heterocycles. The van der Waals surface area contributed by atoms with Crippen molar-refractivity contribution in [2.24, 2.45) is 0 Å². The van der Waals surface area contributed by atoms with Gasteiger partial charge in [0.2, 0.25) is 11.8 Å². The third kappa shape index (κ3) is 3.65. The minimum Gasteiger partial charge on any atom is -0.486 e. The molecule has 0 atom stereocenters. The zero-order valence-corrected chi connectivity index (χ0v) is 13.3. The summed E-state index contributed by atoms with van der Waals surface area (Å²) in [6, 6.07) is 14.3. The van der Waals surface area contributed by atoms with Gasteiger partial charge < -0.3 is 19.7 Å². The van der Waals surface area contributed by atoms with Crippen LogP contribution < -0.4 is 19.7 Å². The molecule has 2 aromatic carbocycles. The van der Waals surface area contributed by atoms with E-state index in [1.807, 2.05) is 18.2 Å². The van der Waals surface area contributed by atoms with Gasteiger partial charge in [0, 0.05) is 24.4 Å². The van der Waals surface area contributed by atoms with Gasteiger partial charge in [-0.05, 0) is 24.3 Å². The lowest BCUT2D eigenvalue weighted by Crippen LogP contribution is -2.36. The standard InChI is InChI=1S/C18H18N2O4/c1-13(21)20(15-5-3-2-4-6-15)12-18(22)19-14-7-8-16-17(11-14)24-10-9-23-16/h2-8,11H,9-10,12H2,1H3,(H,19,22). The van der Waals surface area contributed by atoms with E-state index in [0.717, 1.165) is 0 Å². The van der Waals surface area contributed by atoms with Gasteiger partial charge in [-0.2, -0.15) is 0 Å². The number of fused-ring (bicyclic) bond motifs is 1. The third-order valence-corrected chi connectivity index (χ3v) is 3.58. The van der Waals surface area contributed by atoms with Crippen molar-refractivity contribution in [2.75, 3.05) is 30.0 Å². The molecular weight excluding hydrogens is 308 g/mol. The van der Waals surface area contributed by atoms with Crippen LogP contribution in [0.15, 0.2) is 48.5 Å². The molecule has 0 spiro atoms. The number of amides is 2. The van der Waals surface area contributed by atoms with Gasteiger partial charge in [0.25, 0.3) is 0 Å². The Hall–Kier alpha value is -3.02. The summed E-state index contributed by atoms with van der Waals surface area (Å²) in [6.07, 6.45) is 0. The average molecular weight is 326 g/mol. The smallest absolute Gasteiger partial charge is 0.244 e. The first kappa shape index (κ1) is 15.9. The van der Waals surface area contributed by atoms with Gasteiger partial charge in [0.1, 0.15) is 19.8 Å². The van der Waals surface area contributed by atoms with E-state index in [4.69, 9.17) is 9.47 Å². The fourth-order valence-electron chi connectivity index (χ4n) is 2.46. The van der Waals surface area contributed by atoms with Crippen LogP contribution in [0.4, 0.5) is 11.4 Å². The fraction of sp³-hybridized carbons (Fsp3) is 0.222. The predicted molar refractivity (Wildman–Crippen MR) is 90.5 cm³/mol. The van der Waals surface area contributed by atoms with Crippen LogP contribution in [0.2, 0.25) is 0 Å². The Kier molecular flexibility index (Phi) is 4.65. The van der Waals surface area contributed by atoms with Gasteiger partial charge >= 0.3 is 0 Å². The normalized spacial score (nSPS) is 12.4. The summed E-state index contributed by atoms with van der Waals surface area (Å²) in [5.41, 5.74) is 1.28. The summed E-state index contributed by atoms with van der Waals surface area (Å²) in [4.78, 5) is 25.5. The Labute approximate surface area is 140 Å². The van der Waals surface area contributed by atoms with E-state index in [1.165, 1.54) is 11.8 Å². The second kappa shape index (κ2) is 7.04. The second-order valence-corrected chi connectivity index (χ2v) is 5.35. The molecule has 2 amide bonds. The summed E-state index contributed by atoms with van der Waals surface area (Å²) in [6.45, 7) is 2.37. The van der Waals surface area contributed by atoms with Crippen LogP contribution in [-0.4, -0.2) is 31.6 Å². The van der Waals surface area contributed by atoms with Crippen molar-refractivity contribution < 1.29 is 19.1 Å². The fourth-order valence-corrected chi connectivity index (χ4v) is 2.46. The highest BCUT2D eigenvalue weighted by Gasteiger charge is 2.17. The van der Waals surface area contributed by atoms with E-state index >= 15 is 0 Å². The van der Waals surface area contributed by atoms with Gasteiger partial charge in [-0.3, -0.25) is 9.59 Å². The highest BCUT2D eigenvalue weighted by atomic mass is 16.6. The Balaban J connectivity index is 1.69. The molecule has 3 rings (SSSR count). The molecule has 6 heteroatoms. The Morgan fingerprint density at radius 3 is 2.46 bits per heavy atom. The summed E-state index contributed by atoms with van der Waals surface area (Å²) in [5, 5.41) is 2.78. The van der Waals surface area contributed by atoms with E-state index in [-0.39, 0.29) is 18.4 Å². The number of nitrogens with zero attached hydrogens (tertiary/aromatic N) is 1. The number of hydrogen-bond donors (Lipinski definition) is 1. The van der Waals surface area contributed by atoms with Gasteiger partial charge in [0.05, 0.1) is 0 Å². The number of rotatable bonds is 4. The number of anilines is 2. The van der Waals surface area contributed by atoms with Crippen LogP contribution in [0.5, 0.6) is 11.5 Å². The molecule has 1 aliphatic rings. The highest BCUT2D eigenvalue weighted by molar-refractivity contribution is 6.01. The third-order valence-electron chi connectivity index (χ3n) is 3.58. The topological polar surface area (TPSA) is 67.9 Å². The second-order valence-electron chi connectivity index (χ2n) is 5.35. The number of ether oxygens (including phenoxy) is 2. The summed E-state index contributed by atoms with van der Waals surface area (Å²) >= 11 is 0. The largest absolute Gasteiger partial charge is 0.486 e. The van der Waals surface area contributed by atoms with E-state index in [1.54, 1.807) is 30.3 Å². The molecule has 1 aliphatic heterocycles.